The molecule has 31 heavy (non-hydrogen) atoms. The maximum absolute atomic E-state index is 12.6. The van der Waals surface area contributed by atoms with E-state index in [0.29, 0.717) is 5.57 Å². The highest BCUT2D eigenvalue weighted by Crippen LogP contribution is 2.69. The highest BCUT2D eigenvalue weighted by molar-refractivity contribution is 5.88. The van der Waals surface area contributed by atoms with E-state index >= 15 is 0 Å². The smallest absolute Gasteiger partial charge is 0.333 e. The second-order valence-electron chi connectivity index (χ2n) is 9.69. The van der Waals surface area contributed by atoms with Gasteiger partial charge >= 0.3 is 17.9 Å². The van der Waals surface area contributed by atoms with Crippen molar-refractivity contribution in [3.05, 3.63) is 11.6 Å². The number of esters is 3. The highest BCUT2D eigenvalue weighted by atomic mass is 16.7. The molecule has 1 spiro atoms. The number of rotatable bonds is 3. The lowest BCUT2D eigenvalue weighted by atomic mass is 9.72. The van der Waals surface area contributed by atoms with Crippen molar-refractivity contribution in [2.75, 3.05) is 0 Å². The van der Waals surface area contributed by atoms with Crippen LogP contribution in [0.3, 0.4) is 0 Å². The maximum atomic E-state index is 12.6. The van der Waals surface area contributed by atoms with Crippen LogP contribution in [0, 0.1) is 17.8 Å². The molecule has 0 aromatic heterocycles. The largest absolute Gasteiger partial charge is 0.461 e. The number of epoxide rings is 1. The molecule has 10 atom stereocenters. The Labute approximate surface area is 180 Å². The minimum atomic E-state index is -1.67. The van der Waals surface area contributed by atoms with Gasteiger partial charge in [0.05, 0.1) is 17.4 Å². The van der Waals surface area contributed by atoms with Crippen molar-refractivity contribution >= 4 is 17.9 Å². The van der Waals surface area contributed by atoms with Crippen LogP contribution in [-0.2, 0) is 33.3 Å². The fourth-order valence-corrected chi connectivity index (χ4v) is 6.15. The van der Waals surface area contributed by atoms with Crippen molar-refractivity contribution in [3.8, 4) is 0 Å². The van der Waals surface area contributed by atoms with Gasteiger partial charge in [-0.15, -0.1) is 0 Å². The van der Waals surface area contributed by atoms with Gasteiger partial charge < -0.3 is 29.2 Å². The van der Waals surface area contributed by atoms with Gasteiger partial charge in [0.2, 0.25) is 0 Å². The van der Waals surface area contributed by atoms with E-state index in [1.54, 1.807) is 33.8 Å². The van der Waals surface area contributed by atoms with Crippen molar-refractivity contribution in [3.63, 3.8) is 0 Å². The zero-order valence-corrected chi connectivity index (χ0v) is 18.6. The average Bonchev–Trinajstić information content (AvgIpc) is 3.31. The molecule has 0 bridgehead atoms. The monoisotopic (exact) mass is 438 g/mol. The molecule has 4 fully saturated rings. The number of carbonyl (C=O) groups is 3. The minimum Gasteiger partial charge on any atom is -0.461 e. The molecule has 10 unspecified atom stereocenters. The molecule has 2 saturated heterocycles. The Bertz CT molecular complexity index is 863. The highest BCUT2D eigenvalue weighted by Gasteiger charge is 2.88. The molecule has 0 radical (unpaired) electrons. The van der Waals surface area contributed by atoms with E-state index in [9.17, 15) is 24.6 Å². The Hall–Kier alpha value is -1.97. The summed E-state index contributed by atoms with van der Waals surface area (Å²) in [5.41, 5.74) is -3.88. The number of hydrogen-bond donors (Lipinski definition) is 2. The van der Waals surface area contributed by atoms with Gasteiger partial charge in [0.15, 0.2) is 0 Å². The molecule has 172 valence electrons. The van der Waals surface area contributed by atoms with E-state index < -0.39 is 76.9 Å². The summed E-state index contributed by atoms with van der Waals surface area (Å²) in [6.07, 6.45) is -2.13. The second kappa shape index (κ2) is 6.76. The van der Waals surface area contributed by atoms with Crippen molar-refractivity contribution in [1.82, 2.24) is 0 Å². The van der Waals surface area contributed by atoms with Crippen LogP contribution >= 0.6 is 0 Å². The van der Waals surface area contributed by atoms with Gasteiger partial charge in [0, 0.05) is 24.8 Å². The first kappa shape index (κ1) is 22.2. The fraction of sp³-hybridized carbons (Fsp3) is 0.773. The van der Waals surface area contributed by atoms with Crippen LogP contribution in [0.2, 0.25) is 0 Å². The molecular weight excluding hydrogens is 408 g/mol. The minimum absolute atomic E-state index is 0.0350. The van der Waals surface area contributed by atoms with E-state index in [4.69, 9.17) is 18.9 Å². The topological polar surface area (TPSA) is 132 Å². The van der Waals surface area contributed by atoms with E-state index in [1.807, 2.05) is 0 Å². The van der Waals surface area contributed by atoms with Gasteiger partial charge in [0.1, 0.15) is 35.6 Å². The van der Waals surface area contributed by atoms with Crippen LogP contribution in [0.4, 0.5) is 0 Å². The van der Waals surface area contributed by atoms with E-state index in [0.717, 1.165) is 0 Å². The van der Waals surface area contributed by atoms with Gasteiger partial charge in [-0.3, -0.25) is 9.59 Å². The molecule has 9 heteroatoms. The van der Waals surface area contributed by atoms with Crippen LogP contribution in [-0.4, -0.2) is 69.3 Å². The van der Waals surface area contributed by atoms with Crippen LogP contribution in [0.15, 0.2) is 11.6 Å². The number of hydrogen-bond acceptors (Lipinski definition) is 9. The molecule has 4 aliphatic rings. The third-order valence-electron chi connectivity index (χ3n) is 7.80. The van der Waals surface area contributed by atoms with Crippen LogP contribution < -0.4 is 0 Å². The molecule has 2 saturated carbocycles. The number of ether oxygens (including phenoxy) is 4. The third-order valence-corrected chi connectivity index (χ3v) is 7.80. The van der Waals surface area contributed by atoms with E-state index in [1.165, 1.54) is 13.8 Å². The SMILES string of the molecule is CC=C(C)C(=O)OC1CC(C)(OC(C)=O)C23OC2C(O)C(C)(O)C3C2OC(=O)C(C)C12. The van der Waals surface area contributed by atoms with Crippen LogP contribution in [0.5, 0.6) is 0 Å². The molecule has 0 aromatic rings. The fourth-order valence-electron chi connectivity index (χ4n) is 6.15. The zero-order chi connectivity index (χ0) is 23.1. The van der Waals surface area contributed by atoms with Gasteiger partial charge in [-0.2, -0.15) is 0 Å². The lowest BCUT2D eigenvalue weighted by Gasteiger charge is -2.41. The van der Waals surface area contributed by atoms with Crippen molar-refractivity contribution in [2.24, 2.45) is 17.8 Å². The maximum Gasteiger partial charge on any atom is 0.333 e. The first-order chi connectivity index (χ1) is 14.3. The summed E-state index contributed by atoms with van der Waals surface area (Å²) in [4.78, 5) is 37.3. The number of allylic oxidation sites excluding steroid dienone is 1. The Morgan fingerprint density at radius 2 is 1.90 bits per heavy atom. The quantitative estimate of drug-likeness (QED) is 0.282. The van der Waals surface area contributed by atoms with E-state index in [2.05, 4.69) is 0 Å². The summed E-state index contributed by atoms with van der Waals surface area (Å²) in [5, 5.41) is 22.1. The lowest BCUT2D eigenvalue weighted by molar-refractivity contribution is -0.192. The number of carbonyl (C=O) groups excluding carboxylic acids is 3. The molecule has 9 nitrogen and oxygen atoms in total. The van der Waals surface area contributed by atoms with Crippen LogP contribution in [0.25, 0.3) is 0 Å². The molecule has 0 amide bonds. The summed E-state index contributed by atoms with van der Waals surface area (Å²) < 4.78 is 23.2. The lowest BCUT2D eigenvalue weighted by Crippen LogP contribution is -2.57. The Kier molecular flexibility index (Phi) is 4.85. The summed E-state index contributed by atoms with van der Waals surface area (Å²) in [6.45, 7) is 9.41. The standard InChI is InChI=1S/C22H30O9/c1-7-9(2)18(25)28-12-8-20(5,30-11(4)23)22-15(14-13(12)10(3)19(26)29-14)21(6,27)16(24)17(22)31-22/h7,10,12-17,24,27H,8H2,1-6H3. The van der Waals surface area contributed by atoms with Gasteiger partial charge in [0.25, 0.3) is 0 Å². The summed E-state index contributed by atoms with van der Waals surface area (Å²) in [7, 11) is 0. The van der Waals surface area contributed by atoms with Crippen molar-refractivity contribution in [2.45, 2.75) is 89.2 Å². The van der Waals surface area contributed by atoms with Gasteiger partial charge in [-0.25, -0.2) is 4.79 Å². The normalized spacial score (nSPS) is 50.5. The Morgan fingerprint density at radius 3 is 2.48 bits per heavy atom. The zero-order valence-electron chi connectivity index (χ0n) is 18.6. The molecule has 2 aliphatic carbocycles. The Morgan fingerprint density at radius 1 is 1.26 bits per heavy atom. The second-order valence-corrected chi connectivity index (χ2v) is 9.69. The van der Waals surface area contributed by atoms with Crippen LogP contribution in [0.1, 0.15) is 48.0 Å². The number of aliphatic hydroxyl groups excluding tert-OH is 1. The number of fused-ring (bicyclic) bond motifs is 2. The molecule has 2 N–H and O–H groups in total. The molecular formula is C22H30O9. The molecule has 0 aromatic carbocycles. The summed E-state index contributed by atoms with van der Waals surface area (Å²) in [6, 6.07) is 0. The molecule has 2 aliphatic heterocycles. The molecule has 4 rings (SSSR count). The predicted octanol–water partition coefficient (Wildman–Crippen LogP) is 0.647. The first-order valence-corrected chi connectivity index (χ1v) is 10.6. The molecule has 2 heterocycles. The average molecular weight is 438 g/mol. The van der Waals surface area contributed by atoms with Crippen molar-refractivity contribution < 1.29 is 43.5 Å². The Balaban J connectivity index is 1.85. The summed E-state index contributed by atoms with van der Waals surface area (Å²) >= 11 is 0. The summed E-state index contributed by atoms with van der Waals surface area (Å²) in [5.74, 6) is -3.71. The van der Waals surface area contributed by atoms with E-state index in [-0.39, 0.29) is 6.42 Å². The third kappa shape index (κ3) is 2.82. The van der Waals surface area contributed by atoms with Crippen molar-refractivity contribution in [1.29, 1.82) is 0 Å². The van der Waals surface area contributed by atoms with Gasteiger partial charge in [-0.05, 0) is 27.7 Å². The number of aliphatic hydroxyl groups is 2. The van der Waals surface area contributed by atoms with Gasteiger partial charge in [-0.1, -0.05) is 13.0 Å². The predicted molar refractivity (Wildman–Crippen MR) is 104 cm³/mol. The first-order valence-electron chi connectivity index (χ1n) is 10.6.